The van der Waals surface area contributed by atoms with Crippen LogP contribution >= 0.6 is 0 Å². The first-order valence-corrected chi connectivity index (χ1v) is 7.70. The number of ether oxygens (including phenoxy) is 1. The van der Waals surface area contributed by atoms with Crippen molar-refractivity contribution in [3.63, 3.8) is 0 Å². The molecular formula is C12H17N2O3S. The first-order chi connectivity index (χ1) is 8.53. The van der Waals surface area contributed by atoms with Crippen LogP contribution in [0.15, 0.2) is 18.2 Å². The summed E-state index contributed by atoms with van der Waals surface area (Å²) in [6.45, 7) is 4.11. The third-order valence-corrected chi connectivity index (χ3v) is 3.27. The number of benzene rings is 1. The van der Waals surface area contributed by atoms with Crippen molar-refractivity contribution in [2.75, 3.05) is 37.3 Å². The SMILES string of the molecule is CS(=O)(=O)Nc1c[c]cc(CN2CCOCC2)c1. The van der Waals surface area contributed by atoms with Gasteiger partial charge in [-0.25, -0.2) is 8.42 Å². The Morgan fingerprint density at radius 2 is 2.11 bits per heavy atom. The standard InChI is InChI=1S/C12H17N2O3S/c1-18(15,16)13-12-4-2-3-11(9-12)10-14-5-7-17-8-6-14/h3-4,9,13H,5-8,10H2,1H3. The van der Waals surface area contributed by atoms with Crippen LogP contribution in [0.5, 0.6) is 0 Å². The molecule has 0 bridgehead atoms. The second-order valence-electron chi connectivity index (χ2n) is 4.39. The highest BCUT2D eigenvalue weighted by atomic mass is 32.2. The van der Waals surface area contributed by atoms with Gasteiger partial charge < -0.3 is 4.74 Å². The fourth-order valence-electron chi connectivity index (χ4n) is 1.90. The summed E-state index contributed by atoms with van der Waals surface area (Å²) in [7, 11) is -3.23. The van der Waals surface area contributed by atoms with Gasteiger partial charge in [-0.1, -0.05) is 0 Å². The molecule has 1 radical (unpaired) electrons. The number of rotatable bonds is 4. The molecule has 1 N–H and O–H groups in total. The highest BCUT2D eigenvalue weighted by Crippen LogP contribution is 2.14. The van der Waals surface area contributed by atoms with Gasteiger partial charge >= 0.3 is 0 Å². The molecule has 1 aromatic rings. The Morgan fingerprint density at radius 1 is 1.39 bits per heavy atom. The summed E-state index contributed by atoms with van der Waals surface area (Å²) < 4.78 is 30.0. The molecule has 18 heavy (non-hydrogen) atoms. The lowest BCUT2D eigenvalue weighted by Gasteiger charge is -2.26. The predicted octanol–water partition coefficient (Wildman–Crippen LogP) is 0.690. The molecule has 1 aromatic carbocycles. The summed E-state index contributed by atoms with van der Waals surface area (Å²) in [4.78, 5) is 2.27. The topological polar surface area (TPSA) is 58.6 Å². The Morgan fingerprint density at radius 3 is 2.78 bits per heavy atom. The third-order valence-electron chi connectivity index (χ3n) is 2.66. The normalized spacial score (nSPS) is 17.6. The largest absolute Gasteiger partial charge is 0.379 e. The molecule has 0 spiro atoms. The third kappa shape index (κ3) is 4.29. The second-order valence-corrected chi connectivity index (χ2v) is 6.14. The van der Waals surface area contributed by atoms with Gasteiger partial charge in [-0.3, -0.25) is 9.62 Å². The summed E-state index contributed by atoms with van der Waals surface area (Å²) >= 11 is 0. The smallest absolute Gasteiger partial charge is 0.229 e. The van der Waals surface area contributed by atoms with Crippen molar-refractivity contribution in [1.82, 2.24) is 4.90 Å². The molecular weight excluding hydrogens is 252 g/mol. The number of hydrogen-bond acceptors (Lipinski definition) is 4. The Hall–Kier alpha value is -1.11. The van der Waals surface area contributed by atoms with Crippen LogP contribution < -0.4 is 4.72 Å². The molecule has 0 saturated carbocycles. The number of hydrogen-bond donors (Lipinski definition) is 1. The van der Waals surface area contributed by atoms with Crippen molar-refractivity contribution < 1.29 is 13.2 Å². The van der Waals surface area contributed by atoms with Crippen LogP contribution in [-0.4, -0.2) is 45.9 Å². The van der Waals surface area contributed by atoms with E-state index in [1.807, 2.05) is 12.1 Å². The lowest BCUT2D eigenvalue weighted by Crippen LogP contribution is -2.35. The molecule has 6 heteroatoms. The minimum absolute atomic E-state index is 0.559. The van der Waals surface area contributed by atoms with E-state index < -0.39 is 10.0 Å². The van der Waals surface area contributed by atoms with E-state index in [0.717, 1.165) is 44.7 Å². The Labute approximate surface area is 108 Å². The maximum atomic E-state index is 11.2. The second kappa shape index (κ2) is 5.69. The van der Waals surface area contributed by atoms with E-state index in [-0.39, 0.29) is 0 Å². The first-order valence-electron chi connectivity index (χ1n) is 5.81. The number of nitrogens with zero attached hydrogens (tertiary/aromatic N) is 1. The molecule has 1 saturated heterocycles. The van der Waals surface area contributed by atoms with Crippen LogP contribution in [-0.2, 0) is 21.3 Å². The number of nitrogens with one attached hydrogen (secondary N) is 1. The molecule has 0 amide bonds. The van der Waals surface area contributed by atoms with E-state index in [0.29, 0.717) is 5.69 Å². The van der Waals surface area contributed by atoms with E-state index in [9.17, 15) is 8.42 Å². The molecule has 2 rings (SSSR count). The highest BCUT2D eigenvalue weighted by Gasteiger charge is 2.11. The van der Waals surface area contributed by atoms with E-state index >= 15 is 0 Å². The minimum atomic E-state index is -3.23. The van der Waals surface area contributed by atoms with Crippen molar-refractivity contribution >= 4 is 15.7 Å². The molecule has 99 valence electrons. The average molecular weight is 269 g/mol. The van der Waals surface area contributed by atoms with Crippen LogP contribution in [0.2, 0.25) is 0 Å². The van der Waals surface area contributed by atoms with Crippen LogP contribution in [0.1, 0.15) is 5.56 Å². The summed E-state index contributed by atoms with van der Waals surface area (Å²) in [6, 6.07) is 8.30. The molecule has 1 aliphatic heterocycles. The molecule has 1 heterocycles. The summed E-state index contributed by atoms with van der Waals surface area (Å²) in [6.07, 6.45) is 1.14. The van der Waals surface area contributed by atoms with Gasteiger partial charge in [-0.15, -0.1) is 0 Å². The molecule has 1 aliphatic rings. The van der Waals surface area contributed by atoms with E-state index in [1.165, 1.54) is 0 Å². The zero-order chi connectivity index (χ0) is 13.0. The molecule has 1 fully saturated rings. The number of anilines is 1. The zero-order valence-corrected chi connectivity index (χ0v) is 11.2. The number of sulfonamides is 1. The Kier molecular flexibility index (Phi) is 4.21. The van der Waals surface area contributed by atoms with Crippen molar-refractivity contribution in [2.45, 2.75) is 6.54 Å². The van der Waals surface area contributed by atoms with Gasteiger partial charge in [0.1, 0.15) is 0 Å². The molecule has 0 unspecified atom stereocenters. The van der Waals surface area contributed by atoms with Crippen LogP contribution in [0, 0.1) is 6.07 Å². The van der Waals surface area contributed by atoms with Crippen molar-refractivity contribution in [3.05, 3.63) is 29.8 Å². The molecule has 0 aliphatic carbocycles. The fourth-order valence-corrected chi connectivity index (χ4v) is 2.45. The maximum absolute atomic E-state index is 11.2. The maximum Gasteiger partial charge on any atom is 0.229 e. The Balaban J connectivity index is 2.02. The van der Waals surface area contributed by atoms with Gasteiger partial charge in [0.05, 0.1) is 19.5 Å². The van der Waals surface area contributed by atoms with E-state index in [2.05, 4.69) is 15.7 Å². The molecule has 5 nitrogen and oxygen atoms in total. The van der Waals surface area contributed by atoms with Gasteiger partial charge in [-0.05, 0) is 29.8 Å². The Bertz CT molecular complexity index is 496. The average Bonchev–Trinajstić information content (AvgIpc) is 2.28. The summed E-state index contributed by atoms with van der Waals surface area (Å²) in [5.41, 5.74) is 1.61. The van der Waals surface area contributed by atoms with Crippen molar-refractivity contribution in [3.8, 4) is 0 Å². The van der Waals surface area contributed by atoms with Gasteiger partial charge in [0.2, 0.25) is 10.0 Å². The summed E-state index contributed by atoms with van der Waals surface area (Å²) in [5, 5.41) is 0. The molecule has 0 aromatic heterocycles. The quantitative estimate of drug-likeness (QED) is 0.874. The van der Waals surface area contributed by atoms with E-state index in [1.54, 1.807) is 6.07 Å². The number of morpholine rings is 1. The van der Waals surface area contributed by atoms with Crippen LogP contribution in [0.25, 0.3) is 0 Å². The lowest BCUT2D eigenvalue weighted by atomic mass is 10.2. The van der Waals surface area contributed by atoms with E-state index in [4.69, 9.17) is 4.74 Å². The lowest BCUT2D eigenvalue weighted by molar-refractivity contribution is 0.0342. The van der Waals surface area contributed by atoms with Crippen LogP contribution in [0.4, 0.5) is 5.69 Å². The monoisotopic (exact) mass is 269 g/mol. The summed E-state index contributed by atoms with van der Waals surface area (Å²) in [5.74, 6) is 0. The van der Waals surface area contributed by atoms with Gasteiger partial charge in [-0.2, -0.15) is 0 Å². The predicted molar refractivity (Wildman–Crippen MR) is 69.8 cm³/mol. The van der Waals surface area contributed by atoms with Crippen LogP contribution in [0.3, 0.4) is 0 Å². The highest BCUT2D eigenvalue weighted by molar-refractivity contribution is 7.92. The first kappa shape index (κ1) is 13.3. The van der Waals surface area contributed by atoms with Crippen molar-refractivity contribution in [2.24, 2.45) is 0 Å². The van der Waals surface area contributed by atoms with Crippen molar-refractivity contribution in [1.29, 1.82) is 0 Å². The fraction of sp³-hybridized carbons (Fsp3) is 0.500. The van der Waals surface area contributed by atoms with Gasteiger partial charge in [0.25, 0.3) is 0 Å². The van der Waals surface area contributed by atoms with Gasteiger partial charge in [0.15, 0.2) is 0 Å². The van der Waals surface area contributed by atoms with Gasteiger partial charge in [0, 0.05) is 25.3 Å². The molecule has 0 atom stereocenters. The minimum Gasteiger partial charge on any atom is -0.379 e. The zero-order valence-electron chi connectivity index (χ0n) is 10.3.